The number of carbonyl (C=O) groups excluding carboxylic acids is 1. The SMILES string of the molecule is C#CCNC(=O)CSc1nc2sc3c(c2c(=O)n1CC(C)C)CC[C@H](C)C3. The van der Waals surface area contributed by atoms with Crippen molar-refractivity contribution in [2.24, 2.45) is 11.8 Å². The summed E-state index contributed by atoms with van der Waals surface area (Å²) in [6, 6.07) is 0. The maximum absolute atomic E-state index is 13.3. The number of rotatable bonds is 6. The number of terminal acetylenes is 1. The van der Waals surface area contributed by atoms with Crippen molar-refractivity contribution in [3.05, 3.63) is 20.8 Å². The van der Waals surface area contributed by atoms with E-state index in [4.69, 9.17) is 11.4 Å². The lowest BCUT2D eigenvalue weighted by Gasteiger charge is -2.18. The van der Waals surface area contributed by atoms with E-state index in [2.05, 4.69) is 32.0 Å². The van der Waals surface area contributed by atoms with Crippen LogP contribution in [-0.4, -0.2) is 27.8 Å². The Bertz CT molecular complexity index is 953. The summed E-state index contributed by atoms with van der Waals surface area (Å²) >= 11 is 2.94. The Morgan fingerprint density at radius 3 is 3.00 bits per heavy atom. The van der Waals surface area contributed by atoms with Gasteiger partial charge in [0.1, 0.15) is 4.83 Å². The molecule has 1 amide bonds. The second-order valence-corrected chi connectivity index (χ2v) is 9.53. The molecule has 0 saturated heterocycles. The van der Waals surface area contributed by atoms with E-state index >= 15 is 0 Å². The van der Waals surface area contributed by atoms with Crippen LogP contribution in [0.2, 0.25) is 0 Å². The van der Waals surface area contributed by atoms with Crippen LogP contribution in [0, 0.1) is 24.2 Å². The molecular weight excluding hydrogens is 378 g/mol. The van der Waals surface area contributed by atoms with Gasteiger partial charge in [-0.25, -0.2) is 4.98 Å². The summed E-state index contributed by atoms with van der Waals surface area (Å²) in [5, 5.41) is 4.06. The van der Waals surface area contributed by atoms with Crippen molar-refractivity contribution in [2.75, 3.05) is 12.3 Å². The smallest absolute Gasteiger partial charge is 0.263 e. The van der Waals surface area contributed by atoms with Crippen molar-refractivity contribution in [3.63, 3.8) is 0 Å². The van der Waals surface area contributed by atoms with E-state index in [0.717, 1.165) is 29.5 Å². The fraction of sp³-hybridized carbons (Fsp3) is 0.550. The number of carbonyl (C=O) groups is 1. The van der Waals surface area contributed by atoms with Gasteiger partial charge in [-0.3, -0.25) is 14.2 Å². The van der Waals surface area contributed by atoms with Gasteiger partial charge >= 0.3 is 0 Å². The average Bonchev–Trinajstić information content (AvgIpc) is 2.97. The first kappa shape index (κ1) is 20.0. The first-order valence-corrected chi connectivity index (χ1v) is 11.1. The van der Waals surface area contributed by atoms with Gasteiger partial charge in [0.2, 0.25) is 5.91 Å². The highest BCUT2D eigenvalue weighted by atomic mass is 32.2. The highest BCUT2D eigenvalue weighted by Crippen LogP contribution is 2.36. The summed E-state index contributed by atoms with van der Waals surface area (Å²) < 4.78 is 1.75. The number of nitrogens with zero attached hydrogens (tertiary/aromatic N) is 2. The molecule has 0 bridgehead atoms. The molecule has 144 valence electrons. The summed E-state index contributed by atoms with van der Waals surface area (Å²) in [7, 11) is 0. The van der Waals surface area contributed by atoms with Gasteiger partial charge in [0.05, 0.1) is 17.7 Å². The molecule has 0 radical (unpaired) electrons. The Balaban J connectivity index is 2.00. The van der Waals surface area contributed by atoms with Crippen molar-refractivity contribution < 1.29 is 4.79 Å². The number of fused-ring (bicyclic) bond motifs is 3. The van der Waals surface area contributed by atoms with Gasteiger partial charge in [-0.05, 0) is 36.7 Å². The largest absolute Gasteiger partial charge is 0.344 e. The van der Waals surface area contributed by atoms with Gasteiger partial charge < -0.3 is 5.32 Å². The highest BCUT2D eigenvalue weighted by molar-refractivity contribution is 7.99. The van der Waals surface area contributed by atoms with Gasteiger partial charge in [0.15, 0.2) is 5.16 Å². The Hall–Kier alpha value is -1.78. The van der Waals surface area contributed by atoms with Crippen LogP contribution >= 0.6 is 23.1 Å². The third kappa shape index (κ3) is 4.39. The van der Waals surface area contributed by atoms with Crippen LogP contribution in [0.1, 0.15) is 37.6 Å². The van der Waals surface area contributed by atoms with Gasteiger partial charge in [-0.15, -0.1) is 17.8 Å². The monoisotopic (exact) mass is 403 g/mol. The molecular formula is C20H25N3O2S2. The lowest BCUT2D eigenvalue weighted by molar-refractivity contribution is -0.118. The number of nitrogens with one attached hydrogen (secondary N) is 1. The van der Waals surface area contributed by atoms with E-state index in [1.54, 1.807) is 15.9 Å². The molecule has 2 heterocycles. The first-order valence-electron chi connectivity index (χ1n) is 9.28. The second kappa shape index (κ2) is 8.49. The topological polar surface area (TPSA) is 64.0 Å². The molecule has 0 spiro atoms. The van der Waals surface area contributed by atoms with Crippen LogP contribution in [0.3, 0.4) is 0 Å². The number of hydrogen-bond acceptors (Lipinski definition) is 5. The highest BCUT2D eigenvalue weighted by Gasteiger charge is 2.25. The Morgan fingerprint density at radius 1 is 1.52 bits per heavy atom. The predicted molar refractivity (Wildman–Crippen MR) is 112 cm³/mol. The molecule has 0 aliphatic heterocycles. The molecule has 1 aliphatic rings. The molecule has 2 aromatic rings. The lowest BCUT2D eigenvalue weighted by atomic mass is 9.89. The molecule has 27 heavy (non-hydrogen) atoms. The minimum Gasteiger partial charge on any atom is -0.344 e. The minimum absolute atomic E-state index is 0.0345. The standard InChI is InChI=1S/C20H25N3O2S2/c1-5-8-21-16(24)11-26-20-22-18-17(19(25)23(20)10-12(2)3)14-7-6-13(4)9-15(14)27-18/h1,12-13H,6-11H2,2-4H3,(H,21,24)/t13-/m0/s1. The zero-order valence-electron chi connectivity index (χ0n) is 16.0. The van der Waals surface area contributed by atoms with Crippen molar-refractivity contribution in [3.8, 4) is 12.3 Å². The van der Waals surface area contributed by atoms with E-state index in [0.29, 0.717) is 23.5 Å². The second-order valence-electron chi connectivity index (χ2n) is 7.51. The van der Waals surface area contributed by atoms with Crippen LogP contribution in [-0.2, 0) is 24.2 Å². The van der Waals surface area contributed by atoms with Crippen molar-refractivity contribution in [2.45, 2.75) is 51.7 Å². The van der Waals surface area contributed by atoms with Crippen LogP contribution < -0.4 is 10.9 Å². The van der Waals surface area contributed by atoms with Crippen molar-refractivity contribution in [1.29, 1.82) is 0 Å². The number of amides is 1. The van der Waals surface area contributed by atoms with Gasteiger partial charge in [-0.2, -0.15) is 0 Å². The molecule has 3 rings (SSSR count). The first-order chi connectivity index (χ1) is 12.9. The fourth-order valence-corrected chi connectivity index (χ4v) is 5.63. The molecule has 7 heteroatoms. The van der Waals surface area contributed by atoms with E-state index in [1.165, 1.54) is 22.2 Å². The molecule has 5 nitrogen and oxygen atoms in total. The lowest BCUT2D eigenvalue weighted by Crippen LogP contribution is -2.28. The van der Waals surface area contributed by atoms with Gasteiger partial charge in [-0.1, -0.05) is 38.5 Å². The third-order valence-corrected chi connectivity index (χ3v) is 6.77. The summed E-state index contributed by atoms with van der Waals surface area (Å²) in [4.78, 5) is 32.1. The van der Waals surface area contributed by atoms with Crippen LogP contribution in [0.5, 0.6) is 0 Å². The summed E-state index contributed by atoms with van der Waals surface area (Å²) in [6.45, 7) is 7.22. The zero-order chi connectivity index (χ0) is 19.6. The van der Waals surface area contributed by atoms with Crippen molar-refractivity contribution in [1.82, 2.24) is 14.9 Å². The molecule has 0 unspecified atom stereocenters. The van der Waals surface area contributed by atoms with E-state index < -0.39 is 0 Å². The molecule has 0 saturated carbocycles. The van der Waals surface area contributed by atoms with Crippen LogP contribution in [0.25, 0.3) is 10.2 Å². The van der Waals surface area contributed by atoms with E-state index in [-0.39, 0.29) is 23.8 Å². The van der Waals surface area contributed by atoms with Gasteiger partial charge in [0, 0.05) is 11.4 Å². The number of aromatic nitrogens is 2. The fourth-order valence-electron chi connectivity index (χ4n) is 3.37. The number of aryl methyl sites for hydroxylation is 1. The molecule has 0 fully saturated rings. The quantitative estimate of drug-likeness (QED) is 0.457. The molecule has 0 aromatic carbocycles. The van der Waals surface area contributed by atoms with Crippen molar-refractivity contribution >= 4 is 39.2 Å². The predicted octanol–water partition coefficient (Wildman–Crippen LogP) is 3.08. The molecule has 2 aromatic heterocycles. The molecule has 1 aliphatic carbocycles. The Kier molecular flexibility index (Phi) is 6.28. The van der Waals surface area contributed by atoms with Crippen LogP contribution in [0.15, 0.2) is 9.95 Å². The third-order valence-electron chi connectivity index (χ3n) is 4.65. The normalized spacial score (nSPS) is 16.3. The average molecular weight is 404 g/mol. The van der Waals surface area contributed by atoms with Crippen LogP contribution in [0.4, 0.5) is 0 Å². The summed E-state index contributed by atoms with van der Waals surface area (Å²) in [5.41, 5.74) is 1.23. The molecule has 1 atom stereocenters. The Morgan fingerprint density at radius 2 is 2.30 bits per heavy atom. The van der Waals surface area contributed by atoms with E-state index in [9.17, 15) is 9.59 Å². The maximum Gasteiger partial charge on any atom is 0.263 e. The summed E-state index contributed by atoms with van der Waals surface area (Å²) in [5.74, 6) is 3.39. The van der Waals surface area contributed by atoms with E-state index in [1.807, 2.05) is 0 Å². The Labute approximate surface area is 168 Å². The maximum atomic E-state index is 13.3. The number of thioether (sulfide) groups is 1. The summed E-state index contributed by atoms with van der Waals surface area (Å²) in [6.07, 6.45) is 8.27. The van der Waals surface area contributed by atoms with Gasteiger partial charge in [0.25, 0.3) is 5.56 Å². The minimum atomic E-state index is -0.150. The number of thiophene rings is 1. The number of hydrogen-bond donors (Lipinski definition) is 1. The zero-order valence-corrected chi connectivity index (χ0v) is 17.6. The molecule has 1 N–H and O–H groups in total.